The number of hydrogen-bond donors (Lipinski definition) is 1. The number of para-hydroxylation sites is 1. The molecule has 3 aliphatic rings. The van der Waals surface area contributed by atoms with E-state index in [0.29, 0.717) is 10.7 Å². The van der Waals surface area contributed by atoms with Crippen molar-refractivity contribution in [1.29, 1.82) is 0 Å². The van der Waals surface area contributed by atoms with Gasteiger partial charge in [0.25, 0.3) is 0 Å². The number of nitrogens with one attached hydrogen (secondary N) is 1. The molecule has 0 radical (unpaired) electrons. The summed E-state index contributed by atoms with van der Waals surface area (Å²) in [4.78, 5) is 41.3. The molecule has 5 rings (SSSR count). The standard InChI is InChI=1S/C24H23ClN2O3/c25-17-8-4-5-9-18(17)26-22(28)19(12-14-6-2-1-3-7-14)27-23(29)20-15-10-11-16(13-15)21(20)24(27)30/h1-9,15-16,19-21H,10-13H2,(H,26,28)/t15-,16+,19-,20-,21-/m0/s1. The van der Waals surface area contributed by atoms with Crippen molar-refractivity contribution in [3.05, 3.63) is 65.2 Å². The second-order valence-corrected chi connectivity index (χ2v) is 9.01. The summed E-state index contributed by atoms with van der Waals surface area (Å²) in [5.74, 6) is -0.665. The Morgan fingerprint density at radius 3 is 2.20 bits per heavy atom. The molecule has 2 saturated carbocycles. The van der Waals surface area contributed by atoms with Crippen molar-refractivity contribution in [3.8, 4) is 0 Å². The fourth-order valence-electron chi connectivity index (χ4n) is 5.66. The molecule has 2 bridgehead atoms. The number of likely N-dealkylation sites (tertiary alicyclic amines) is 1. The third-order valence-electron chi connectivity index (χ3n) is 6.98. The summed E-state index contributed by atoms with van der Waals surface area (Å²) >= 11 is 6.21. The highest BCUT2D eigenvalue weighted by Crippen LogP contribution is 2.56. The zero-order valence-corrected chi connectivity index (χ0v) is 17.2. The molecule has 1 N–H and O–H groups in total. The van der Waals surface area contributed by atoms with E-state index in [2.05, 4.69) is 5.32 Å². The van der Waals surface area contributed by atoms with Crippen molar-refractivity contribution < 1.29 is 14.4 Å². The van der Waals surface area contributed by atoms with Crippen LogP contribution in [-0.2, 0) is 20.8 Å². The Morgan fingerprint density at radius 1 is 0.967 bits per heavy atom. The molecule has 0 spiro atoms. The van der Waals surface area contributed by atoms with E-state index in [1.807, 2.05) is 30.3 Å². The van der Waals surface area contributed by atoms with Gasteiger partial charge in [0, 0.05) is 6.42 Å². The van der Waals surface area contributed by atoms with E-state index in [1.165, 1.54) is 4.90 Å². The van der Waals surface area contributed by atoms with Crippen molar-refractivity contribution in [2.24, 2.45) is 23.7 Å². The minimum absolute atomic E-state index is 0.174. The van der Waals surface area contributed by atoms with Gasteiger partial charge in [0.15, 0.2) is 0 Å². The number of imide groups is 1. The zero-order valence-electron chi connectivity index (χ0n) is 16.5. The van der Waals surface area contributed by atoms with Gasteiger partial charge < -0.3 is 5.32 Å². The lowest BCUT2D eigenvalue weighted by Crippen LogP contribution is -2.49. The Morgan fingerprint density at radius 2 is 1.57 bits per heavy atom. The number of rotatable bonds is 5. The van der Waals surface area contributed by atoms with E-state index in [-0.39, 0.29) is 47.8 Å². The molecule has 2 aromatic carbocycles. The van der Waals surface area contributed by atoms with E-state index in [1.54, 1.807) is 24.3 Å². The van der Waals surface area contributed by atoms with Gasteiger partial charge in [-0.25, -0.2) is 0 Å². The van der Waals surface area contributed by atoms with E-state index in [9.17, 15) is 14.4 Å². The Kier molecular flexibility index (Phi) is 4.86. The van der Waals surface area contributed by atoms with Crippen LogP contribution in [-0.4, -0.2) is 28.7 Å². The molecule has 1 aliphatic heterocycles. The van der Waals surface area contributed by atoms with Crippen LogP contribution in [0.3, 0.4) is 0 Å². The molecule has 0 unspecified atom stereocenters. The molecule has 3 fully saturated rings. The van der Waals surface area contributed by atoms with Crippen LogP contribution in [0, 0.1) is 23.7 Å². The molecule has 6 heteroatoms. The van der Waals surface area contributed by atoms with Crippen LogP contribution in [0.25, 0.3) is 0 Å². The number of carbonyl (C=O) groups is 3. The molecule has 154 valence electrons. The van der Waals surface area contributed by atoms with Gasteiger partial charge in [-0.05, 0) is 48.8 Å². The first kappa shape index (κ1) is 19.3. The number of carbonyl (C=O) groups excluding carboxylic acids is 3. The average molecular weight is 423 g/mol. The van der Waals surface area contributed by atoms with Crippen molar-refractivity contribution >= 4 is 35.0 Å². The maximum absolute atomic E-state index is 13.3. The summed E-state index contributed by atoms with van der Waals surface area (Å²) in [5, 5.41) is 3.25. The predicted octanol–water partition coefficient (Wildman–Crippen LogP) is 3.92. The summed E-state index contributed by atoms with van der Waals surface area (Å²) in [6, 6.07) is 15.6. The Bertz CT molecular complexity index is 981. The number of anilines is 1. The fourth-order valence-corrected chi connectivity index (χ4v) is 5.84. The minimum Gasteiger partial charge on any atom is -0.323 e. The monoisotopic (exact) mass is 422 g/mol. The quantitative estimate of drug-likeness (QED) is 0.742. The second-order valence-electron chi connectivity index (χ2n) is 8.61. The van der Waals surface area contributed by atoms with Gasteiger partial charge in [-0.3, -0.25) is 19.3 Å². The number of nitrogens with zero attached hydrogens (tertiary/aromatic N) is 1. The van der Waals surface area contributed by atoms with Crippen LogP contribution in [0.2, 0.25) is 5.02 Å². The van der Waals surface area contributed by atoms with Crippen molar-refractivity contribution in [3.63, 3.8) is 0 Å². The molecular weight excluding hydrogens is 400 g/mol. The number of halogens is 1. The van der Waals surface area contributed by atoms with E-state index in [0.717, 1.165) is 24.8 Å². The van der Waals surface area contributed by atoms with Gasteiger partial charge in [0.05, 0.1) is 22.5 Å². The molecular formula is C24H23ClN2O3. The lowest BCUT2D eigenvalue weighted by atomic mass is 9.81. The van der Waals surface area contributed by atoms with Gasteiger partial charge in [-0.15, -0.1) is 0 Å². The first-order chi connectivity index (χ1) is 14.5. The Hall–Kier alpha value is -2.66. The Labute approximate surface area is 180 Å². The molecule has 1 saturated heterocycles. The molecule has 2 aliphatic carbocycles. The van der Waals surface area contributed by atoms with Crippen LogP contribution in [0.15, 0.2) is 54.6 Å². The maximum atomic E-state index is 13.3. The zero-order chi connectivity index (χ0) is 20.8. The number of hydrogen-bond acceptors (Lipinski definition) is 3. The highest BCUT2D eigenvalue weighted by molar-refractivity contribution is 6.33. The topological polar surface area (TPSA) is 66.5 Å². The van der Waals surface area contributed by atoms with Gasteiger partial charge >= 0.3 is 0 Å². The molecule has 3 amide bonds. The summed E-state index contributed by atoms with van der Waals surface area (Å²) in [6.45, 7) is 0. The third-order valence-corrected chi connectivity index (χ3v) is 7.31. The predicted molar refractivity (Wildman–Crippen MR) is 114 cm³/mol. The highest BCUT2D eigenvalue weighted by atomic mass is 35.5. The van der Waals surface area contributed by atoms with Gasteiger partial charge in [-0.1, -0.05) is 54.1 Å². The molecule has 0 aromatic heterocycles. The van der Waals surface area contributed by atoms with Crippen molar-refractivity contribution in [1.82, 2.24) is 4.90 Å². The summed E-state index contributed by atoms with van der Waals surface area (Å²) in [7, 11) is 0. The van der Waals surface area contributed by atoms with Crippen LogP contribution >= 0.6 is 11.6 Å². The van der Waals surface area contributed by atoms with E-state index >= 15 is 0 Å². The SMILES string of the molecule is O=C(Nc1ccccc1Cl)[C@H](Cc1ccccc1)N1C(=O)[C@H]2[C@@H]3CC[C@@H](C3)[C@@H]2C1=O. The highest BCUT2D eigenvalue weighted by Gasteiger charge is 2.62. The second kappa shape index (κ2) is 7.55. The van der Waals surface area contributed by atoms with Crippen LogP contribution < -0.4 is 5.32 Å². The van der Waals surface area contributed by atoms with Gasteiger partial charge in [0.1, 0.15) is 6.04 Å². The largest absolute Gasteiger partial charge is 0.323 e. The number of fused-ring (bicyclic) bond motifs is 5. The average Bonchev–Trinajstić information content (AvgIpc) is 3.43. The molecule has 5 atom stereocenters. The van der Waals surface area contributed by atoms with Crippen molar-refractivity contribution in [2.75, 3.05) is 5.32 Å². The van der Waals surface area contributed by atoms with Gasteiger partial charge in [-0.2, -0.15) is 0 Å². The number of benzene rings is 2. The summed E-state index contributed by atoms with van der Waals surface area (Å²) < 4.78 is 0. The maximum Gasteiger partial charge on any atom is 0.248 e. The van der Waals surface area contributed by atoms with Gasteiger partial charge in [0.2, 0.25) is 17.7 Å². The molecule has 1 heterocycles. The summed E-state index contributed by atoms with van der Waals surface area (Å²) in [6.07, 6.45) is 3.26. The number of amides is 3. The van der Waals surface area contributed by atoms with Crippen molar-refractivity contribution in [2.45, 2.75) is 31.7 Å². The lowest BCUT2D eigenvalue weighted by Gasteiger charge is -2.27. The first-order valence-corrected chi connectivity index (χ1v) is 10.9. The van der Waals surface area contributed by atoms with Crippen LogP contribution in [0.4, 0.5) is 5.69 Å². The fraction of sp³-hybridized carbons (Fsp3) is 0.375. The van der Waals surface area contributed by atoms with Crippen LogP contribution in [0.5, 0.6) is 0 Å². The van der Waals surface area contributed by atoms with Crippen LogP contribution in [0.1, 0.15) is 24.8 Å². The third kappa shape index (κ3) is 3.12. The molecule has 30 heavy (non-hydrogen) atoms. The first-order valence-electron chi connectivity index (χ1n) is 10.5. The lowest BCUT2D eigenvalue weighted by molar-refractivity contribution is -0.147. The minimum atomic E-state index is -0.895. The summed E-state index contributed by atoms with van der Waals surface area (Å²) in [5.41, 5.74) is 1.37. The molecule has 5 nitrogen and oxygen atoms in total. The van der Waals surface area contributed by atoms with E-state index in [4.69, 9.17) is 11.6 Å². The smallest absolute Gasteiger partial charge is 0.248 e. The Balaban J connectivity index is 1.47. The molecule has 2 aromatic rings. The van der Waals surface area contributed by atoms with E-state index < -0.39 is 6.04 Å². The normalized spacial score (nSPS) is 28.0.